The molecule has 1 aliphatic rings. The maximum absolute atomic E-state index is 12.3. The van der Waals surface area contributed by atoms with Gasteiger partial charge in [0.15, 0.2) is 5.65 Å². The summed E-state index contributed by atoms with van der Waals surface area (Å²) in [4.78, 5) is 6.52. The molecule has 142 valence electrons. The van der Waals surface area contributed by atoms with Crippen molar-refractivity contribution in [1.82, 2.24) is 14.6 Å². The molecule has 1 aromatic carbocycles. The first-order chi connectivity index (χ1) is 12.9. The van der Waals surface area contributed by atoms with Crippen molar-refractivity contribution in [3.63, 3.8) is 0 Å². The first-order valence-electron chi connectivity index (χ1n) is 8.53. The maximum Gasteiger partial charge on any atom is 0.573 e. The number of rotatable bonds is 3. The van der Waals surface area contributed by atoms with Gasteiger partial charge >= 0.3 is 6.36 Å². The summed E-state index contributed by atoms with van der Waals surface area (Å²) in [6.07, 6.45) is -0.280. The van der Waals surface area contributed by atoms with Gasteiger partial charge in [-0.3, -0.25) is 0 Å². The summed E-state index contributed by atoms with van der Waals surface area (Å²) >= 11 is 0. The molecule has 27 heavy (non-hydrogen) atoms. The molecule has 0 aliphatic carbocycles. The Bertz CT molecular complexity index is 932. The number of aromatic nitrogens is 3. The molecule has 1 saturated heterocycles. The Labute approximate surface area is 152 Å². The van der Waals surface area contributed by atoms with Crippen molar-refractivity contribution in [1.29, 1.82) is 0 Å². The molecule has 0 spiro atoms. The number of alkyl halides is 3. The van der Waals surface area contributed by atoms with Gasteiger partial charge in [0.05, 0.1) is 12.3 Å². The Hall–Kier alpha value is -2.81. The Balaban J connectivity index is 1.65. The zero-order valence-electron chi connectivity index (χ0n) is 14.2. The van der Waals surface area contributed by atoms with Crippen molar-refractivity contribution in [2.45, 2.75) is 25.3 Å². The van der Waals surface area contributed by atoms with Crippen LogP contribution < -0.4 is 9.64 Å². The van der Waals surface area contributed by atoms with Crippen molar-refractivity contribution in [2.24, 2.45) is 0 Å². The van der Waals surface area contributed by atoms with Crippen LogP contribution in [-0.2, 0) is 0 Å². The van der Waals surface area contributed by atoms with Crippen LogP contribution in [0.25, 0.3) is 16.8 Å². The van der Waals surface area contributed by atoms with Gasteiger partial charge in [-0.2, -0.15) is 9.61 Å². The number of ether oxygens (including phenoxy) is 1. The average Bonchev–Trinajstić information content (AvgIpc) is 3.06. The van der Waals surface area contributed by atoms with Gasteiger partial charge in [0, 0.05) is 24.8 Å². The third-order valence-corrected chi connectivity index (χ3v) is 4.57. The second-order valence-corrected chi connectivity index (χ2v) is 6.39. The molecule has 4 rings (SSSR count). The zero-order valence-corrected chi connectivity index (χ0v) is 14.2. The Kier molecular flexibility index (Phi) is 4.39. The predicted molar refractivity (Wildman–Crippen MR) is 92.6 cm³/mol. The monoisotopic (exact) mass is 378 g/mol. The number of piperidine rings is 1. The lowest BCUT2D eigenvalue weighted by molar-refractivity contribution is -0.274. The van der Waals surface area contributed by atoms with E-state index in [1.165, 1.54) is 12.1 Å². The second-order valence-electron chi connectivity index (χ2n) is 6.39. The summed E-state index contributed by atoms with van der Waals surface area (Å²) in [7, 11) is 0. The average molecular weight is 378 g/mol. The van der Waals surface area contributed by atoms with Crippen molar-refractivity contribution >= 4 is 11.5 Å². The lowest BCUT2D eigenvalue weighted by atomic mass is 10.1. The standard InChI is InChI=1S/C18H17F3N4O2/c19-18(20,21)27-14-3-1-12(2-4-14)15-11-23-25-16(5-8-22-17(15)25)24-9-6-13(26)7-10-24/h1-5,8,11,13,26H,6-7,9-10H2. The summed E-state index contributed by atoms with van der Waals surface area (Å²) in [5, 5.41) is 14.1. The molecule has 0 unspecified atom stereocenters. The molecule has 3 heterocycles. The van der Waals surface area contributed by atoms with Crippen LogP contribution >= 0.6 is 0 Å². The van der Waals surface area contributed by atoms with Crippen LogP contribution in [0.3, 0.4) is 0 Å². The zero-order chi connectivity index (χ0) is 19.0. The summed E-state index contributed by atoms with van der Waals surface area (Å²) in [6, 6.07) is 7.49. The van der Waals surface area contributed by atoms with Crippen LogP contribution in [0.5, 0.6) is 5.75 Å². The molecule has 1 aliphatic heterocycles. The van der Waals surface area contributed by atoms with Gasteiger partial charge in [0.25, 0.3) is 0 Å². The van der Waals surface area contributed by atoms with Crippen molar-refractivity contribution in [2.75, 3.05) is 18.0 Å². The van der Waals surface area contributed by atoms with E-state index in [-0.39, 0.29) is 11.9 Å². The van der Waals surface area contributed by atoms with E-state index >= 15 is 0 Å². The number of hydrogen-bond acceptors (Lipinski definition) is 5. The highest BCUT2D eigenvalue weighted by atomic mass is 19.4. The first-order valence-corrected chi connectivity index (χ1v) is 8.53. The van der Waals surface area contributed by atoms with Gasteiger partial charge in [-0.25, -0.2) is 4.98 Å². The Morgan fingerprint density at radius 1 is 1.07 bits per heavy atom. The number of anilines is 1. The van der Waals surface area contributed by atoms with Gasteiger partial charge in [-0.05, 0) is 36.6 Å². The lowest BCUT2D eigenvalue weighted by Crippen LogP contribution is -2.36. The van der Waals surface area contributed by atoms with Crippen molar-refractivity contribution in [3.05, 3.63) is 42.7 Å². The van der Waals surface area contributed by atoms with Gasteiger partial charge in [0.2, 0.25) is 0 Å². The molecule has 0 atom stereocenters. The van der Waals surface area contributed by atoms with E-state index in [1.807, 2.05) is 6.07 Å². The number of aliphatic hydroxyl groups is 1. The largest absolute Gasteiger partial charge is 0.573 e. The van der Waals surface area contributed by atoms with E-state index in [1.54, 1.807) is 29.0 Å². The van der Waals surface area contributed by atoms with Crippen LogP contribution in [0.2, 0.25) is 0 Å². The fraction of sp³-hybridized carbons (Fsp3) is 0.333. The fourth-order valence-electron chi connectivity index (χ4n) is 3.25. The van der Waals surface area contributed by atoms with E-state index in [2.05, 4.69) is 19.7 Å². The quantitative estimate of drug-likeness (QED) is 0.758. The number of nitrogens with zero attached hydrogens (tertiary/aromatic N) is 4. The highest BCUT2D eigenvalue weighted by Gasteiger charge is 2.31. The molecular formula is C18H17F3N4O2. The predicted octanol–water partition coefficient (Wildman–Crippen LogP) is 3.26. The topological polar surface area (TPSA) is 62.9 Å². The first kappa shape index (κ1) is 17.6. The van der Waals surface area contributed by atoms with Gasteiger partial charge < -0.3 is 14.7 Å². The van der Waals surface area contributed by atoms with Gasteiger partial charge in [-0.15, -0.1) is 13.2 Å². The molecule has 1 N–H and O–H groups in total. The fourth-order valence-corrected chi connectivity index (χ4v) is 3.25. The molecule has 3 aromatic rings. The van der Waals surface area contributed by atoms with Gasteiger partial charge in [0.1, 0.15) is 11.6 Å². The second kappa shape index (κ2) is 6.73. The molecule has 9 heteroatoms. The summed E-state index contributed by atoms with van der Waals surface area (Å²) in [6.45, 7) is 1.44. The minimum Gasteiger partial charge on any atom is -0.406 e. The number of halogens is 3. The molecule has 2 aromatic heterocycles. The molecule has 0 radical (unpaired) electrons. The maximum atomic E-state index is 12.3. The summed E-state index contributed by atoms with van der Waals surface area (Å²) < 4.78 is 42.5. The molecular weight excluding hydrogens is 361 g/mol. The smallest absolute Gasteiger partial charge is 0.406 e. The van der Waals surface area contributed by atoms with Gasteiger partial charge in [-0.1, -0.05) is 12.1 Å². The molecule has 6 nitrogen and oxygen atoms in total. The molecule has 0 saturated carbocycles. The van der Waals surface area contributed by atoms with E-state index in [0.717, 1.165) is 18.9 Å². The minimum atomic E-state index is -4.72. The normalized spacial score (nSPS) is 16.1. The highest BCUT2D eigenvalue weighted by Crippen LogP contribution is 2.30. The van der Waals surface area contributed by atoms with E-state index in [4.69, 9.17) is 0 Å². The van der Waals surface area contributed by atoms with Crippen LogP contribution in [0.15, 0.2) is 42.7 Å². The lowest BCUT2D eigenvalue weighted by Gasteiger charge is -2.31. The molecule has 0 bridgehead atoms. The SMILES string of the molecule is OC1CCN(c2ccnc3c(-c4ccc(OC(F)(F)F)cc4)cnn23)CC1. The van der Waals surface area contributed by atoms with Crippen LogP contribution in [0, 0.1) is 0 Å². The summed E-state index contributed by atoms with van der Waals surface area (Å²) in [5.74, 6) is 0.596. The molecule has 1 fully saturated rings. The highest BCUT2D eigenvalue weighted by molar-refractivity contribution is 5.78. The van der Waals surface area contributed by atoms with Crippen LogP contribution in [0.4, 0.5) is 19.0 Å². The number of hydrogen-bond donors (Lipinski definition) is 1. The van der Waals surface area contributed by atoms with Crippen molar-refractivity contribution < 1.29 is 23.0 Å². The summed E-state index contributed by atoms with van der Waals surface area (Å²) in [5.41, 5.74) is 2.02. The third-order valence-electron chi connectivity index (χ3n) is 4.57. The number of benzene rings is 1. The van der Waals surface area contributed by atoms with E-state index < -0.39 is 6.36 Å². The Morgan fingerprint density at radius 3 is 2.44 bits per heavy atom. The van der Waals surface area contributed by atoms with Crippen molar-refractivity contribution in [3.8, 4) is 16.9 Å². The van der Waals surface area contributed by atoms with Crippen LogP contribution in [0.1, 0.15) is 12.8 Å². The Morgan fingerprint density at radius 2 is 1.78 bits per heavy atom. The van der Waals surface area contributed by atoms with Crippen LogP contribution in [-0.4, -0.2) is 45.3 Å². The minimum absolute atomic E-state index is 0.274. The third kappa shape index (κ3) is 3.68. The number of aliphatic hydroxyl groups excluding tert-OH is 1. The van der Waals surface area contributed by atoms with E-state index in [0.29, 0.717) is 29.6 Å². The molecule has 0 amide bonds. The van der Waals surface area contributed by atoms with E-state index in [9.17, 15) is 18.3 Å². The number of fused-ring (bicyclic) bond motifs is 1.